The molecule has 21 heavy (non-hydrogen) atoms. The van der Waals surface area contributed by atoms with Crippen molar-refractivity contribution >= 4 is 22.9 Å². The summed E-state index contributed by atoms with van der Waals surface area (Å²) in [5.41, 5.74) is 8.37. The summed E-state index contributed by atoms with van der Waals surface area (Å²) in [5.74, 6) is -0.386. The highest BCUT2D eigenvalue weighted by atomic mass is 35.5. The zero-order chi connectivity index (χ0) is 15.0. The Morgan fingerprint density at radius 1 is 1.48 bits per heavy atom. The second-order valence-electron chi connectivity index (χ2n) is 5.39. The van der Waals surface area contributed by atoms with Crippen LogP contribution >= 0.6 is 22.9 Å². The summed E-state index contributed by atoms with van der Waals surface area (Å²) in [6.45, 7) is 3.66. The number of fused-ring (bicyclic) bond motifs is 1. The maximum Gasteiger partial charge on any atom is 0.141 e. The standard InChI is InChI=1S/C16H18ClFN2S/c1-10-12-5-7-21-16(12)4-6-20(10)15(9-19)11-2-3-14(18)13(17)8-11/h2-3,5,7-8,10,15H,4,6,9,19H2,1H3. The second kappa shape index (κ2) is 6.05. The maximum atomic E-state index is 13.4. The Labute approximate surface area is 133 Å². The molecule has 2 nitrogen and oxygen atoms in total. The summed E-state index contributed by atoms with van der Waals surface area (Å²) in [4.78, 5) is 3.85. The Balaban J connectivity index is 1.92. The Kier molecular flexibility index (Phi) is 4.31. The lowest BCUT2D eigenvalue weighted by Gasteiger charge is -2.39. The summed E-state index contributed by atoms with van der Waals surface area (Å²) in [6, 6.07) is 7.48. The van der Waals surface area contributed by atoms with Gasteiger partial charge in [-0.25, -0.2) is 4.39 Å². The van der Waals surface area contributed by atoms with E-state index in [1.165, 1.54) is 16.5 Å². The van der Waals surface area contributed by atoms with Gasteiger partial charge in [0.25, 0.3) is 0 Å². The number of benzene rings is 1. The van der Waals surface area contributed by atoms with Gasteiger partial charge in [-0.3, -0.25) is 4.90 Å². The largest absolute Gasteiger partial charge is 0.329 e. The molecule has 2 aromatic rings. The van der Waals surface area contributed by atoms with Crippen LogP contribution in [0.1, 0.15) is 35.0 Å². The van der Waals surface area contributed by atoms with Gasteiger partial charge in [0, 0.05) is 30.1 Å². The molecule has 2 unspecified atom stereocenters. The molecular weight excluding hydrogens is 307 g/mol. The SMILES string of the molecule is CC1c2ccsc2CCN1C(CN)c1ccc(F)c(Cl)c1. The Hall–Kier alpha value is -0.940. The molecule has 0 bridgehead atoms. The van der Waals surface area contributed by atoms with Crippen molar-refractivity contribution in [3.8, 4) is 0 Å². The predicted octanol–water partition coefficient (Wildman–Crippen LogP) is 4.16. The van der Waals surface area contributed by atoms with Crippen LogP contribution in [-0.4, -0.2) is 18.0 Å². The van der Waals surface area contributed by atoms with Gasteiger partial charge < -0.3 is 5.73 Å². The Morgan fingerprint density at radius 3 is 3.00 bits per heavy atom. The van der Waals surface area contributed by atoms with Gasteiger partial charge in [-0.1, -0.05) is 17.7 Å². The van der Waals surface area contributed by atoms with Gasteiger partial charge in [0.15, 0.2) is 0 Å². The molecule has 112 valence electrons. The van der Waals surface area contributed by atoms with Crippen LogP contribution < -0.4 is 5.73 Å². The molecule has 1 aromatic heterocycles. The van der Waals surface area contributed by atoms with E-state index in [0.29, 0.717) is 12.6 Å². The van der Waals surface area contributed by atoms with Crippen LogP contribution in [0, 0.1) is 5.82 Å². The van der Waals surface area contributed by atoms with Gasteiger partial charge in [-0.2, -0.15) is 0 Å². The second-order valence-corrected chi connectivity index (χ2v) is 6.80. The molecule has 1 aliphatic heterocycles. The first-order chi connectivity index (χ1) is 10.1. The lowest BCUT2D eigenvalue weighted by atomic mass is 9.96. The average molecular weight is 325 g/mol. The van der Waals surface area contributed by atoms with Crippen molar-refractivity contribution in [2.45, 2.75) is 25.4 Å². The van der Waals surface area contributed by atoms with Crippen LogP contribution in [0.25, 0.3) is 0 Å². The third-order valence-electron chi connectivity index (χ3n) is 4.28. The molecule has 5 heteroatoms. The first-order valence-corrected chi connectivity index (χ1v) is 8.34. The predicted molar refractivity (Wildman–Crippen MR) is 86.3 cm³/mol. The zero-order valence-corrected chi connectivity index (χ0v) is 13.4. The molecule has 0 amide bonds. The van der Waals surface area contributed by atoms with E-state index in [-0.39, 0.29) is 16.9 Å². The quantitative estimate of drug-likeness (QED) is 0.918. The number of rotatable bonds is 3. The molecule has 0 saturated carbocycles. The van der Waals surface area contributed by atoms with Gasteiger partial charge >= 0.3 is 0 Å². The fourth-order valence-corrected chi connectivity index (χ4v) is 4.29. The maximum absolute atomic E-state index is 13.4. The molecule has 0 aliphatic carbocycles. The van der Waals surface area contributed by atoms with Crippen LogP contribution in [-0.2, 0) is 6.42 Å². The first kappa shape index (κ1) is 15.0. The minimum Gasteiger partial charge on any atom is -0.329 e. The molecular formula is C16H18ClFN2S. The number of halogens is 2. The van der Waals surface area contributed by atoms with Crippen LogP contribution in [0.2, 0.25) is 5.02 Å². The third kappa shape index (κ3) is 2.73. The van der Waals surface area contributed by atoms with Crippen LogP contribution in [0.5, 0.6) is 0 Å². The van der Waals surface area contributed by atoms with Gasteiger partial charge in [0.05, 0.1) is 5.02 Å². The summed E-state index contributed by atoms with van der Waals surface area (Å²) in [5, 5.41) is 2.31. The van der Waals surface area contributed by atoms with Crippen LogP contribution in [0.4, 0.5) is 4.39 Å². The molecule has 1 aliphatic rings. The van der Waals surface area contributed by atoms with Crippen molar-refractivity contribution in [3.05, 3.63) is 56.5 Å². The van der Waals surface area contributed by atoms with Crippen molar-refractivity contribution in [2.75, 3.05) is 13.1 Å². The summed E-state index contributed by atoms with van der Waals surface area (Å²) >= 11 is 7.74. The minimum absolute atomic E-state index is 0.0612. The fraction of sp³-hybridized carbons (Fsp3) is 0.375. The highest BCUT2D eigenvalue weighted by molar-refractivity contribution is 7.10. The molecule has 0 spiro atoms. The highest BCUT2D eigenvalue weighted by Gasteiger charge is 2.30. The fourth-order valence-electron chi connectivity index (χ4n) is 3.14. The Morgan fingerprint density at radius 2 is 2.29 bits per heavy atom. The van der Waals surface area contributed by atoms with Crippen molar-refractivity contribution in [1.82, 2.24) is 4.90 Å². The molecule has 0 radical (unpaired) electrons. The van der Waals surface area contributed by atoms with Gasteiger partial charge in [-0.15, -0.1) is 11.3 Å². The molecule has 2 N–H and O–H groups in total. The first-order valence-electron chi connectivity index (χ1n) is 7.09. The van der Waals surface area contributed by atoms with E-state index in [4.69, 9.17) is 17.3 Å². The third-order valence-corrected chi connectivity index (χ3v) is 5.56. The topological polar surface area (TPSA) is 29.3 Å². The van der Waals surface area contributed by atoms with Crippen molar-refractivity contribution in [3.63, 3.8) is 0 Å². The van der Waals surface area contributed by atoms with E-state index in [1.807, 2.05) is 11.3 Å². The van der Waals surface area contributed by atoms with Gasteiger partial charge in [0.1, 0.15) is 5.82 Å². The van der Waals surface area contributed by atoms with Gasteiger partial charge in [0.2, 0.25) is 0 Å². The van der Waals surface area contributed by atoms with E-state index < -0.39 is 0 Å². The van der Waals surface area contributed by atoms with Crippen molar-refractivity contribution < 1.29 is 4.39 Å². The van der Waals surface area contributed by atoms with Crippen LogP contribution in [0.3, 0.4) is 0 Å². The summed E-state index contributed by atoms with van der Waals surface area (Å²) < 4.78 is 13.4. The van der Waals surface area contributed by atoms with E-state index in [1.54, 1.807) is 12.1 Å². The minimum atomic E-state index is -0.386. The van der Waals surface area contributed by atoms with E-state index in [9.17, 15) is 4.39 Å². The lowest BCUT2D eigenvalue weighted by molar-refractivity contribution is 0.138. The number of hydrogen-bond donors (Lipinski definition) is 1. The monoisotopic (exact) mass is 324 g/mol. The van der Waals surface area contributed by atoms with E-state index in [2.05, 4.69) is 23.3 Å². The van der Waals surface area contributed by atoms with E-state index >= 15 is 0 Å². The smallest absolute Gasteiger partial charge is 0.141 e. The average Bonchev–Trinajstić information content (AvgIpc) is 2.95. The number of thiophene rings is 1. The summed E-state index contributed by atoms with van der Waals surface area (Å²) in [6.07, 6.45) is 1.04. The number of nitrogens with two attached hydrogens (primary N) is 1. The number of hydrogen-bond acceptors (Lipinski definition) is 3. The van der Waals surface area contributed by atoms with Crippen molar-refractivity contribution in [2.24, 2.45) is 5.73 Å². The molecule has 2 heterocycles. The molecule has 3 rings (SSSR count). The molecule has 2 atom stereocenters. The molecule has 1 aromatic carbocycles. The van der Waals surface area contributed by atoms with Crippen molar-refractivity contribution in [1.29, 1.82) is 0 Å². The van der Waals surface area contributed by atoms with Gasteiger partial charge in [-0.05, 0) is 48.1 Å². The highest BCUT2D eigenvalue weighted by Crippen LogP contribution is 2.38. The summed E-state index contributed by atoms with van der Waals surface area (Å²) in [7, 11) is 0. The zero-order valence-electron chi connectivity index (χ0n) is 11.9. The molecule has 0 saturated heterocycles. The van der Waals surface area contributed by atoms with E-state index in [0.717, 1.165) is 18.5 Å². The normalized spacial score (nSPS) is 20.3. The van der Waals surface area contributed by atoms with Crippen LogP contribution in [0.15, 0.2) is 29.6 Å². The molecule has 0 fully saturated rings. The lowest BCUT2D eigenvalue weighted by Crippen LogP contribution is -2.39. The Bertz CT molecular complexity index is 643. The number of nitrogens with zero attached hydrogens (tertiary/aromatic N) is 1.